The van der Waals surface area contributed by atoms with E-state index in [4.69, 9.17) is 4.74 Å². The van der Waals surface area contributed by atoms with Crippen molar-refractivity contribution in [1.82, 2.24) is 10.3 Å². The first kappa shape index (κ1) is 14.5. The van der Waals surface area contributed by atoms with Crippen LogP contribution in [0, 0.1) is 0 Å². The zero-order valence-corrected chi connectivity index (χ0v) is 11.5. The van der Waals surface area contributed by atoms with E-state index in [0.29, 0.717) is 5.25 Å². The van der Waals surface area contributed by atoms with Crippen LogP contribution < -0.4 is 5.32 Å². The number of hydrogen-bond donors (Lipinski definition) is 1. The molecular weight excluding hydrogens is 232 g/mol. The molecule has 0 saturated heterocycles. The quantitative estimate of drug-likeness (QED) is 0.542. The van der Waals surface area contributed by atoms with Crippen LogP contribution in [0.2, 0.25) is 0 Å². The molecule has 4 heteroatoms. The van der Waals surface area contributed by atoms with Gasteiger partial charge in [-0.1, -0.05) is 13.0 Å². The number of nitrogens with one attached hydrogen (secondary N) is 1. The molecule has 0 bridgehead atoms. The van der Waals surface area contributed by atoms with Gasteiger partial charge in [-0.05, 0) is 32.0 Å². The molecule has 0 amide bonds. The maximum atomic E-state index is 5.28. The summed E-state index contributed by atoms with van der Waals surface area (Å²) in [4.78, 5) is 4.30. The van der Waals surface area contributed by atoms with Gasteiger partial charge in [0.25, 0.3) is 0 Å². The molecular formula is C13H22N2OS. The van der Waals surface area contributed by atoms with Crippen molar-refractivity contribution in [3.8, 4) is 0 Å². The number of thioether (sulfide) groups is 1. The highest BCUT2D eigenvalue weighted by atomic mass is 32.2. The van der Waals surface area contributed by atoms with Gasteiger partial charge in [0.15, 0.2) is 0 Å². The first-order chi connectivity index (χ1) is 8.33. The molecule has 0 aliphatic rings. The summed E-state index contributed by atoms with van der Waals surface area (Å²) in [6.45, 7) is 7.94. The van der Waals surface area contributed by atoms with Gasteiger partial charge in [-0.3, -0.25) is 0 Å². The molecule has 0 fully saturated rings. The van der Waals surface area contributed by atoms with E-state index in [1.165, 1.54) is 0 Å². The van der Waals surface area contributed by atoms with E-state index in [-0.39, 0.29) is 0 Å². The lowest BCUT2D eigenvalue weighted by atomic mass is 10.4. The Labute approximate surface area is 108 Å². The standard InChI is InChI=1S/C13H22N2OS/c1-3-16-10-6-8-14-11-12(2)17-13-7-4-5-9-15-13/h4-5,7,9,12,14H,3,6,8,10-11H2,1-2H3. The van der Waals surface area contributed by atoms with E-state index in [1.807, 2.05) is 37.0 Å². The summed E-state index contributed by atoms with van der Waals surface area (Å²) in [5.41, 5.74) is 0. The monoisotopic (exact) mass is 254 g/mol. The molecule has 1 rings (SSSR count). The van der Waals surface area contributed by atoms with E-state index in [2.05, 4.69) is 23.3 Å². The average molecular weight is 254 g/mol. The third kappa shape index (κ3) is 7.36. The zero-order valence-electron chi connectivity index (χ0n) is 10.7. The normalized spacial score (nSPS) is 12.6. The molecule has 0 aliphatic heterocycles. The Hall–Kier alpha value is -0.580. The van der Waals surface area contributed by atoms with Crippen molar-refractivity contribution in [2.45, 2.75) is 30.5 Å². The molecule has 17 heavy (non-hydrogen) atoms. The van der Waals surface area contributed by atoms with Crippen molar-refractivity contribution >= 4 is 11.8 Å². The molecule has 1 N–H and O–H groups in total. The molecule has 0 saturated carbocycles. The summed E-state index contributed by atoms with van der Waals surface area (Å²) in [6, 6.07) is 6.02. The second-order valence-corrected chi connectivity index (χ2v) is 5.31. The molecule has 0 aromatic carbocycles. The lowest BCUT2D eigenvalue weighted by Crippen LogP contribution is -2.24. The highest BCUT2D eigenvalue weighted by Gasteiger charge is 2.04. The summed E-state index contributed by atoms with van der Waals surface area (Å²) in [6.07, 6.45) is 2.92. The number of hydrogen-bond acceptors (Lipinski definition) is 4. The lowest BCUT2D eigenvalue weighted by molar-refractivity contribution is 0.145. The molecule has 1 atom stereocenters. The summed E-state index contributed by atoms with van der Waals surface area (Å²) >= 11 is 1.81. The van der Waals surface area contributed by atoms with Crippen LogP contribution in [0.15, 0.2) is 29.4 Å². The fourth-order valence-corrected chi connectivity index (χ4v) is 2.31. The maximum Gasteiger partial charge on any atom is 0.0962 e. The fourth-order valence-electron chi connectivity index (χ4n) is 1.41. The average Bonchev–Trinajstić information content (AvgIpc) is 2.35. The van der Waals surface area contributed by atoms with E-state index >= 15 is 0 Å². The minimum atomic E-state index is 0.539. The van der Waals surface area contributed by atoms with Crippen LogP contribution in [0.1, 0.15) is 20.3 Å². The number of ether oxygens (including phenoxy) is 1. The highest BCUT2D eigenvalue weighted by Crippen LogP contribution is 2.19. The van der Waals surface area contributed by atoms with Crippen LogP contribution in [0.25, 0.3) is 0 Å². The van der Waals surface area contributed by atoms with Crippen LogP contribution in [-0.2, 0) is 4.74 Å². The summed E-state index contributed by atoms with van der Waals surface area (Å²) < 4.78 is 5.28. The molecule has 96 valence electrons. The van der Waals surface area contributed by atoms with E-state index in [0.717, 1.165) is 37.8 Å². The Morgan fingerprint density at radius 3 is 3.06 bits per heavy atom. The first-order valence-corrected chi connectivity index (χ1v) is 7.07. The number of rotatable bonds is 9. The molecule has 1 aromatic heterocycles. The third-order valence-electron chi connectivity index (χ3n) is 2.24. The molecule has 3 nitrogen and oxygen atoms in total. The van der Waals surface area contributed by atoms with Crippen LogP contribution in [0.3, 0.4) is 0 Å². The van der Waals surface area contributed by atoms with Gasteiger partial charge in [0, 0.05) is 31.2 Å². The third-order valence-corrected chi connectivity index (χ3v) is 3.29. The van der Waals surface area contributed by atoms with Gasteiger partial charge in [0.1, 0.15) is 0 Å². The maximum absolute atomic E-state index is 5.28. The largest absolute Gasteiger partial charge is 0.382 e. The topological polar surface area (TPSA) is 34.1 Å². The van der Waals surface area contributed by atoms with Crippen LogP contribution in [0.5, 0.6) is 0 Å². The second kappa shape index (κ2) is 9.45. The van der Waals surface area contributed by atoms with E-state index < -0.39 is 0 Å². The predicted octanol–water partition coefficient (Wildman–Crippen LogP) is 2.58. The van der Waals surface area contributed by atoms with Crippen LogP contribution in [-0.4, -0.2) is 36.5 Å². The molecule has 0 aliphatic carbocycles. The van der Waals surface area contributed by atoms with Crippen molar-refractivity contribution in [3.05, 3.63) is 24.4 Å². The molecule has 0 spiro atoms. The first-order valence-electron chi connectivity index (χ1n) is 6.19. The summed E-state index contributed by atoms with van der Waals surface area (Å²) in [5.74, 6) is 0. The van der Waals surface area contributed by atoms with Gasteiger partial charge in [-0.15, -0.1) is 11.8 Å². The van der Waals surface area contributed by atoms with Crippen LogP contribution in [0.4, 0.5) is 0 Å². The molecule has 1 aromatic rings. The van der Waals surface area contributed by atoms with Gasteiger partial charge < -0.3 is 10.1 Å². The van der Waals surface area contributed by atoms with E-state index in [9.17, 15) is 0 Å². The smallest absolute Gasteiger partial charge is 0.0962 e. The van der Waals surface area contributed by atoms with Crippen molar-refractivity contribution in [1.29, 1.82) is 0 Å². The minimum absolute atomic E-state index is 0.539. The Morgan fingerprint density at radius 1 is 1.47 bits per heavy atom. The van der Waals surface area contributed by atoms with E-state index in [1.54, 1.807) is 0 Å². The van der Waals surface area contributed by atoms with Crippen molar-refractivity contribution in [3.63, 3.8) is 0 Å². The van der Waals surface area contributed by atoms with Gasteiger partial charge in [0.2, 0.25) is 0 Å². The Kier molecular flexibility index (Phi) is 8.05. The summed E-state index contributed by atoms with van der Waals surface area (Å²) in [5, 5.41) is 5.07. The Morgan fingerprint density at radius 2 is 2.35 bits per heavy atom. The van der Waals surface area contributed by atoms with Gasteiger partial charge in [0.05, 0.1) is 5.03 Å². The lowest BCUT2D eigenvalue weighted by Gasteiger charge is -2.11. The van der Waals surface area contributed by atoms with Crippen LogP contribution >= 0.6 is 11.8 Å². The minimum Gasteiger partial charge on any atom is -0.382 e. The molecule has 0 radical (unpaired) electrons. The Bertz CT molecular complexity index is 282. The van der Waals surface area contributed by atoms with Gasteiger partial charge in [-0.25, -0.2) is 4.98 Å². The zero-order chi connectivity index (χ0) is 12.3. The Balaban J connectivity index is 2.03. The summed E-state index contributed by atoms with van der Waals surface area (Å²) in [7, 11) is 0. The number of nitrogens with zero attached hydrogens (tertiary/aromatic N) is 1. The molecule has 1 unspecified atom stereocenters. The predicted molar refractivity (Wildman–Crippen MR) is 73.5 cm³/mol. The van der Waals surface area contributed by atoms with Gasteiger partial charge in [-0.2, -0.15) is 0 Å². The second-order valence-electron chi connectivity index (χ2n) is 3.85. The SMILES string of the molecule is CCOCCCNCC(C)Sc1ccccn1. The molecule has 1 heterocycles. The fraction of sp³-hybridized carbons (Fsp3) is 0.615. The van der Waals surface area contributed by atoms with Crippen molar-refractivity contribution in [2.24, 2.45) is 0 Å². The number of pyridine rings is 1. The van der Waals surface area contributed by atoms with Crippen molar-refractivity contribution < 1.29 is 4.74 Å². The number of aromatic nitrogens is 1. The van der Waals surface area contributed by atoms with Crippen molar-refractivity contribution in [2.75, 3.05) is 26.3 Å². The highest BCUT2D eigenvalue weighted by molar-refractivity contribution is 7.99. The van der Waals surface area contributed by atoms with Gasteiger partial charge >= 0.3 is 0 Å².